The summed E-state index contributed by atoms with van der Waals surface area (Å²) < 4.78 is 17.1. The minimum Gasteiger partial charge on any atom is -0.505 e. The second-order valence-electron chi connectivity index (χ2n) is 10.1. The predicted octanol–water partition coefficient (Wildman–Crippen LogP) is 2.87. The Labute approximate surface area is 203 Å². The number of anilines is 1. The number of phenolic OH excluding ortho intramolecular Hbond substituents is 1. The highest BCUT2D eigenvalue weighted by Crippen LogP contribution is 2.46. The molecule has 4 aliphatic rings. The van der Waals surface area contributed by atoms with Gasteiger partial charge >= 0.3 is 0 Å². The van der Waals surface area contributed by atoms with Crippen LogP contribution in [0.2, 0.25) is 0 Å². The van der Waals surface area contributed by atoms with Crippen LogP contribution in [0.15, 0.2) is 46.1 Å². The summed E-state index contributed by atoms with van der Waals surface area (Å²) in [7, 11) is 0. The van der Waals surface area contributed by atoms with Crippen LogP contribution in [0.25, 0.3) is 0 Å². The first-order valence-electron chi connectivity index (χ1n) is 12.1. The van der Waals surface area contributed by atoms with E-state index in [1.165, 1.54) is 0 Å². The maximum atomic E-state index is 13.1. The average molecular weight is 480 g/mol. The first-order chi connectivity index (χ1) is 16.9. The van der Waals surface area contributed by atoms with Crippen LogP contribution in [0, 0.1) is 12.3 Å². The Hall–Kier alpha value is -3.30. The highest BCUT2D eigenvalue weighted by Gasteiger charge is 2.58. The zero-order valence-electron chi connectivity index (χ0n) is 19.8. The quantitative estimate of drug-likeness (QED) is 0.410. The zero-order chi connectivity index (χ0) is 24.3. The molecule has 0 saturated carbocycles. The van der Waals surface area contributed by atoms with Gasteiger partial charge in [0, 0.05) is 18.5 Å². The molecule has 3 atom stereocenters. The maximum Gasteiger partial charge on any atom is 0.257 e. The van der Waals surface area contributed by atoms with E-state index in [4.69, 9.17) is 13.9 Å². The van der Waals surface area contributed by atoms with Crippen LogP contribution in [0.4, 0.5) is 5.69 Å². The van der Waals surface area contributed by atoms with Crippen molar-refractivity contribution in [2.45, 2.75) is 44.9 Å². The number of benzene rings is 1. The number of fused-ring (bicyclic) bond motifs is 1. The van der Waals surface area contributed by atoms with E-state index in [1.807, 2.05) is 19.1 Å². The number of nitrogens with one attached hydrogen (secondary N) is 2. The number of rotatable bonds is 7. The molecule has 9 nitrogen and oxygen atoms in total. The molecule has 2 aromatic rings. The van der Waals surface area contributed by atoms with E-state index in [2.05, 4.69) is 17.6 Å². The number of likely N-dealkylation sites (tertiary alicyclic amines) is 1. The SMILES string of the molecule is Cc1ccc(C(NC2=C(Nc3cccc(C(=O)N4CCCC4)c3O)C(=O)C3OC23)C2(C)COC2)o1. The summed E-state index contributed by atoms with van der Waals surface area (Å²) >= 11 is 0. The monoisotopic (exact) mass is 479 g/mol. The number of epoxide rings is 1. The molecule has 4 heterocycles. The summed E-state index contributed by atoms with van der Waals surface area (Å²) in [5, 5.41) is 17.6. The number of nitrogens with zero attached hydrogens (tertiary/aromatic N) is 1. The van der Waals surface area contributed by atoms with Gasteiger partial charge in [0.15, 0.2) is 11.9 Å². The maximum absolute atomic E-state index is 13.1. The third-order valence-corrected chi connectivity index (χ3v) is 7.38. The number of phenols is 1. The lowest BCUT2D eigenvalue weighted by molar-refractivity contribution is -0.124. The molecule has 3 fully saturated rings. The van der Waals surface area contributed by atoms with E-state index < -0.39 is 6.10 Å². The molecule has 3 saturated heterocycles. The average Bonchev–Trinajstić information content (AvgIpc) is 3.12. The van der Waals surface area contributed by atoms with Gasteiger partial charge in [-0.25, -0.2) is 0 Å². The van der Waals surface area contributed by atoms with Crippen molar-refractivity contribution < 1.29 is 28.6 Å². The molecule has 3 aliphatic heterocycles. The molecule has 1 aromatic carbocycles. The minimum absolute atomic E-state index is 0.164. The molecule has 0 spiro atoms. The van der Waals surface area contributed by atoms with Gasteiger partial charge in [-0.2, -0.15) is 0 Å². The summed E-state index contributed by atoms with van der Waals surface area (Å²) in [5.41, 5.74) is 1.28. The topological polar surface area (TPSA) is 117 Å². The summed E-state index contributed by atoms with van der Waals surface area (Å²) in [6.07, 6.45) is 1.01. The highest BCUT2D eigenvalue weighted by atomic mass is 16.6. The number of para-hydroxylation sites is 1. The van der Waals surface area contributed by atoms with Gasteiger partial charge in [-0.05, 0) is 44.0 Å². The van der Waals surface area contributed by atoms with Crippen LogP contribution in [-0.2, 0) is 14.3 Å². The molecule has 184 valence electrons. The third kappa shape index (κ3) is 3.70. The highest BCUT2D eigenvalue weighted by molar-refractivity contribution is 6.08. The fraction of sp³-hybridized carbons (Fsp3) is 0.462. The number of Topliss-reactive ketones (excluding diaryl/α,β-unsaturated/α-hetero) is 1. The van der Waals surface area contributed by atoms with Crippen molar-refractivity contribution in [2.24, 2.45) is 5.41 Å². The van der Waals surface area contributed by atoms with Crippen molar-refractivity contribution in [3.63, 3.8) is 0 Å². The molecular formula is C26H29N3O6. The fourth-order valence-electron chi connectivity index (χ4n) is 5.22. The van der Waals surface area contributed by atoms with Crippen LogP contribution < -0.4 is 10.6 Å². The molecule has 3 N–H and O–H groups in total. The summed E-state index contributed by atoms with van der Waals surface area (Å²) in [4.78, 5) is 27.7. The molecule has 35 heavy (non-hydrogen) atoms. The lowest BCUT2D eigenvalue weighted by Crippen LogP contribution is -2.50. The normalized spacial score (nSPS) is 25.3. The van der Waals surface area contributed by atoms with Crippen LogP contribution in [0.3, 0.4) is 0 Å². The van der Waals surface area contributed by atoms with Crippen molar-refractivity contribution in [3.8, 4) is 5.75 Å². The Morgan fingerprint density at radius 3 is 2.60 bits per heavy atom. The first kappa shape index (κ1) is 22.2. The van der Waals surface area contributed by atoms with Crippen LogP contribution >= 0.6 is 0 Å². The number of carbonyl (C=O) groups excluding carboxylic acids is 2. The molecule has 9 heteroatoms. The third-order valence-electron chi connectivity index (χ3n) is 7.38. The lowest BCUT2D eigenvalue weighted by Gasteiger charge is -2.44. The largest absolute Gasteiger partial charge is 0.505 e. The van der Waals surface area contributed by atoms with E-state index >= 15 is 0 Å². The summed E-state index contributed by atoms with van der Waals surface area (Å²) in [6, 6.07) is 8.59. The van der Waals surface area contributed by atoms with Gasteiger partial charge in [-0.1, -0.05) is 13.0 Å². The van der Waals surface area contributed by atoms with E-state index in [-0.39, 0.29) is 40.6 Å². The van der Waals surface area contributed by atoms with Crippen LogP contribution in [-0.4, -0.2) is 60.2 Å². The molecule has 6 rings (SSSR count). The molecular weight excluding hydrogens is 450 g/mol. The van der Waals surface area contributed by atoms with Gasteiger partial charge in [-0.3, -0.25) is 9.59 Å². The Bertz CT molecular complexity index is 1220. The number of ketones is 1. The Morgan fingerprint density at radius 2 is 1.94 bits per heavy atom. The van der Waals surface area contributed by atoms with Gasteiger partial charge in [0.25, 0.3) is 5.91 Å². The number of carbonyl (C=O) groups is 2. The van der Waals surface area contributed by atoms with Crippen molar-refractivity contribution in [2.75, 3.05) is 31.6 Å². The standard InChI is InChI=1S/C26H29N3O6/c1-14-8-9-17(34-14)24(26(2)12-33-13-26)28-19-18(21(31)23-22(19)35-23)27-16-7-5-6-15(20(16)30)25(32)29-10-3-4-11-29/h5-9,22-24,27-28,30H,3-4,10-13H2,1-2H3. The van der Waals surface area contributed by atoms with E-state index in [0.29, 0.717) is 43.4 Å². The molecule has 1 aromatic heterocycles. The van der Waals surface area contributed by atoms with Crippen LogP contribution in [0.5, 0.6) is 5.75 Å². The fourth-order valence-corrected chi connectivity index (χ4v) is 5.22. The smallest absolute Gasteiger partial charge is 0.257 e. The van der Waals surface area contributed by atoms with Crippen molar-refractivity contribution in [3.05, 3.63) is 58.8 Å². The van der Waals surface area contributed by atoms with Crippen molar-refractivity contribution in [1.82, 2.24) is 10.2 Å². The van der Waals surface area contributed by atoms with E-state index in [1.54, 1.807) is 23.1 Å². The number of hydrogen-bond acceptors (Lipinski definition) is 8. The number of aromatic hydroxyl groups is 1. The number of ether oxygens (including phenoxy) is 2. The number of furan rings is 1. The Morgan fingerprint density at radius 1 is 1.17 bits per heavy atom. The minimum atomic E-state index is -0.541. The van der Waals surface area contributed by atoms with E-state index in [9.17, 15) is 14.7 Å². The number of hydrogen-bond donors (Lipinski definition) is 3. The molecule has 3 unspecified atom stereocenters. The molecule has 1 amide bonds. The van der Waals surface area contributed by atoms with Gasteiger partial charge in [-0.15, -0.1) is 0 Å². The van der Waals surface area contributed by atoms with E-state index in [0.717, 1.165) is 24.4 Å². The second kappa shape index (κ2) is 8.13. The van der Waals surface area contributed by atoms with Gasteiger partial charge in [0.1, 0.15) is 23.3 Å². The van der Waals surface area contributed by atoms with Gasteiger partial charge in [0.05, 0.1) is 36.2 Å². The summed E-state index contributed by atoms with van der Waals surface area (Å²) in [6.45, 7) is 6.50. The molecule has 1 aliphatic carbocycles. The number of amides is 1. The number of aryl methyl sites for hydroxylation is 1. The van der Waals surface area contributed by atoms with Gasteiger partial charge < -0.3 is 34.5 Å². The summed E-state index contributed by atoms with van der Waals surface area (Å²) in [5.74, 6) is 1.01. The Kier molecular flexibility index (Phi) is 5.16. The van der Waals surface area contributed by atoms with Crippen LogP contribution in [0.1, 0.15) is 47.7 Å². The molecule has 0 radical (unpaired) electrons. The van der Waals surface area contributed by atoms with Crippen molar-refractivity contribution >= 4 is 17.4 Å². The second-order valence-corrected chi connectivity index (χ2v) is 10.1. The van der Waals surface area contributed by atoms with Gasteiger partial charge in [0.2, 0.25) is 5.78 Å². The molecule has 0 bridgehead atoms. The Balaban J connectivity index is 1.32. The predicted molar refractivity (Wildman–Crippen MR) is 126 cm³/mol. The first-order valence-corrected chi connectivity index (χ1v) is 12.1. The van der Waals surface area contributed by atoms with Crippen molar-refractivity contribution in [1.29, 1.82) is 0 Å². The lowest BCUT2D eigenvalue weighted by atomic mass is 9.79. The zero-order valence-corrected chi connectivity index (χ0v) is 19.8.